The van der Waals surface area contributed by atoms with Crippen LogP contribution in [0.3, 0.4) is 0 Å². The Balaban J connectivity index is 1.69. The molecule has 20 heavy (non-hydrogen) atoms. The molecule has 0 heterocycles. The molecule has 3 nitrogen and oxygen atoms in total. The maximum Gasteiger partial charge on any atom is 0.119 e. The second-order valence-corrected chi connectivity index (χ2v) is 6.36. The molecule has 2 aliphatic carbocycles. The van der Waals surface area contributed by atoms with Crippen molar-refractivity contribution >= 4 is 0 Å². The number of hydrogen-bond acceptors (Lipinski definition) is 3. The summed E-state index contributed by atoms with van der Waals surface area (Å²) in [6, 6.07) is 6.92. The lowest BCUT2D eigenvalue weighted by Crippen LogP contribution is -2.31. The Labute approximate surface area is 121 Å². The number of nitrogens with one attached hydrogen (secondary N) is 1. The number of fused-ring (bicyclic) bond motifs is 1. The van der Waals surface area contributed by atoms with Gasteiger partial charge in [0.25, 0.3) is 0 Å². The van der Waals surface area contributed by atoms with E-state index in [0.717, 1.165) is 18.7 Å². The Morgan fingerprint density at radius 1 is 1.40 bits per heavy atom. The molecule has 1 aromatic carbocycles. The van der Waals surface area contributed by atoms with Crippen LogP contribution in [0.2, 0.25) is 0 Å². The molecule has 0 aliphatic heterocycles. The number of aliphatic hydroxyl groups is 1. The third-order valence-electron chi connectivity index (χ3n) is 4.99. The highest BCUT2D eigenvalue weighted by Gasteiger charge is 2.42. The molecule has 3 heteroatoms. The molecule has 0 saturated heterocycles. The van der Waals surface area contributed by atoms with Crippen LogP contribution in [0.15, 0.2) is 18.2 Å². The molecule has 1 saturated carbocycles. The first kappa shape index (κ1) is 13.9. The fraction of sp³-hybridized carbons (Fsp3) is 0.647. The summed E-state index contributed by atoms with van der Waals surface area (Å²) in [5.41, 5.74) is 3.25. The molecule has 3 rings (SSSR count). The number of ether oxygens (including phenoxy) is 1. The summed E-state index contributed by atoms with van der Waals surface area (Å²) in [6.07, 6.45) is 7.10. The zero-order valence-electron chi connectivity index (χ0n) is 12.3. The summed E-state index contributed by atoms with van der Waals surface area (Å²) in [7, 11) is 1.73. The molecule has 2 aliphatic rings. The van der Waals surface area contributed by atoms with Crippen LogP contribution >= 0.6 is 0 Å². The van der Waals surface area contributed by atoms with Crippen LogP contribution in [0, 0.1) is 5.41 Å². The molecule has 1 unspecified atom stereocenters. The predicted molar refractivity (Wildman–Crippen MR) is 80.0 cm³/mol. The highest BCUT2D eigenvalue weighted by molar-refractivity contribution is 5.39. The van der Waals surface area contributed by atoms with Gasteiger partial charge in [-0.05, 0) is 67.2 Å². The summed E-state index contributed by atoms with van der Waals surface area (Å²) in [6.45, 7) is 1.35. The molecule has 0 aromatic heterocycles. The van der Waals surface area contributed by atoms with Gasteiger partial charge in [-0.3, -0.25) is 0 Å². The molecule has 0 spiro atoms. The van der Waals surface area contributed by atoms with E-state index >= 15 is 0 Å². The SMILES string of the molecule is COc1ccc2c(c1)C(NCC1(CCO)CC1)CCC2. The van der Waals surface area contributed by atoms with Gasteiger partial charge in [0.2, 0.25) is 0 Å². The first-order valence-corrected chi connectivity index (χ1v) is 7.77. The van der Waals surface area contributed by atoms with E-state index in [9.17, 15) is 0 Å². The maximum atomic E-state index is 9.16. The van der Waals surface area contributed by atoms with Gasteiger partial charge in [-0.2, -0.15) is 0 Å². The smallest absolute Gasteiger partial charge is 0.119 e. The van der Waals surface area contributed by atoms with Crippen LogP contribution in [0.1, 0.15) is 49.3 Å². The van der Waals surface area contributed by atoms with Crippen molar-refractivity contribution in [3.8, 4) is 5.75 Å². The molecule has 110 valence electrons. The Morgan fingerprint density at radius 2 is 2.25 bits per heavy atom. The van der Waals surface area contributed by atoms with E-state index < -0.39 is 0 Å². The second kappa shape index (κ2) is 5.74. The van der Waals surface area contributed by atoms with Crippen molar-refractivity contribution in [3.63, 3.8) is 0 Å². The number of rotatable bonds is 6. The van der Waals surface area contributed by atoms with Crippen molar-refractivity contribution in [1.82, 2.24) is 5.32 Å². The van der Waals surface area contributed by atoms with Gasteiger partial charge in [-0.15, -0.1) is 0 Å². The minimum absolute atomic E-state index is 0.316. The first-order valence-electron chi connectivity index (χ1n) is 7.77. The Bertz CT molecular complexity index is 468. The van der Waals surface area contributed by atoms with E-state index in [1.807, 2.05) is 0 Å². The fourth-order valence-electron chi connectivity index (χ4n) is 3.39. The zero-order valence-corrected chi connectivity index (χ0v) is 12.3. The van der Waals surface area contributed by atoms with Crippen molar-refractivity contribution in [3.05, 3.63) is 29.3 Å². The Kier molecular flexibility index (Phi) is 3.99. The number of benzene rings is 1. The lowest BCUT2D eigenvalue weighted by molar-refractivity contribution is 0.240. The molecule has 1 fully saturated rings. The van der Waals surface area contributed by atoms with E-state index in [1.54, 1.807) is 7.11 Å². The third kappa shape index (κ3) is 2.84. The Morgan fingerprint density at radius 3 is 2.95 bits per heavy atom. The topological polar surface area (TPSA) is 41.5 Å². The quantitative estimate of drug-likeness (QED) is 0.839. The average Bonchev–Trinajstić information content (AvgIpc) is 3.25. The lowest BCUT2D eigenvalue weighted by Gasteiger charge is -2.28. The Hall–Kier alpha value is -1.06. The van der Waals surface area contributed by atoms with Gasteiger partial charge in [0, 0.05) is 19.2 Å². The summed E-state index contributed by atoms with van der Waals surface area (Å²) >= 11 is 0. The second-order valence-electron chi connectivity index (χ2n) is 6.36. The molecule has 0 amide bonds. The minimum atomic E-state index is 0.316. The van der Waals surface area contributed by atoms with Crippen molar-refractivity contribution in [2.24, 2.45) is 5.41 Å². The van der Waals surface area contributed by atoms with Gasteiger partial charge >= 0.3 is 0 Å². The largest absolute Gasteiger partial charge is 0.497 e. The monoisotopic (exact) mass is 275 g/mol. The molecular weight excluding hydrogens is 250 g/mol. The molecule has 1 atom stereocenters. The normalized spacial score (nSPS) is 23.2. The number of aryl methyl sites for hydroxylation is 1. The highest BCUT2D eigenvalue weighted by atomic mass is 16.5. The van der Waals surface area contributed by atoms with Crippen LogP contribution in [-0.2, 0) is 6.42 Å². The lowest BCUT2D eigenvalue weighted by atomic mass is 9.87. The van der Waals surface area contributed by atoms with E-state index in [0.29, 0.717) is 18.1 Å². The summed E-state index contributed by atoms with van der Waals surface area (Å²) in [5, 5.41) is 12.9. The molecule has 0 bridgehead atoms. The first-order chi connectivity index (χ1) is 9.76. The number of hydrogen-bond donors (Lipinski definition) is 2. The van der Waals surface area contributed by atoms with E-state index in [4.69, 9.17) is 9.84 Å². The van der Waals surface area contributed by atoms with Crippen molar-refractivity contribution in [2.45, 2.75) is 44.6 Å². The zero-order chi connectivity index (χ0) is 14.0. The van der Waals surface area contributed by atoms with E-state index in [-0.39, 0.29) is 0 Å². The highest BCUT2D eigenvalue weighted by Crippen LogP contribution is 2.48. The summed E-state index contributed by atoms with van der Waals surface area (Å²) in [5.74, 6) is 0.953. The fourth-order valence-corrected chi connectivity index (χ4v) is 3.39. The van der Waals surface area contributed by atoms with Gasteiger partial charge in [0.15, 0.2) is 0 Å². The van der Waals surface area contributed by atoms with Crippen molar-refractivity contribution in [1.29, 1.82) is 0 Å². The van der Waals surface area contributed by atoms with Crippen LogP contribution in [0.4, 0.5) is 0 Å². The standard InChI is InChI=1S/C17H25NO2/c1-20-14-6-5-13-3-2-4-16(15(13)11-14)18-12-17(7-8-17)9-10-19/h5-6,11,16,18-19H,2-4,7-10,12H2,1H3. The minimum Gasteiger partial charge on any atom is -0.497 e. The van der Waals surface area contributed by atoms with Gasteiger partial charge < -0.3 is 15.2 Å². The predicted octanol–water partition coefficient (Wildman–Crippen LogP) is 2.82. The molecular formula is C17H25NO2. The van der Waals surface area contributed by atoms with Crippen LogP contribution < -0.4 is 10.1 Å². The maximum absolute atomic E-state index is 9.16. The van der Waals surface area contributed by atoms with E-state index in [2.05, 4.69) is 23.5 Å². The van der Waals surface area contributed by atoms with Crippen molar-refractivity contribution < 1.29 is 9.84 Å². The summed E-state index contributed by atoms with van der Waals surface area (Å²) in [4.78, 5) is 0. The molecule has 0 radical (unpaired) electrons. The van der Waals surface area contributed by atoms with Gasteiger partial charge in [0.05, 0.1) is 7.11 Å². The molecule has 1 aromatic rings. The van der Waals surface area contributed by atoms with Gasteiger partial charge in [0.1, 0.15) is 5.75 Å². The molecule has 2 N–H and O–H groups in total. The van der Waals surface area contributed by atoms with Crippen LogP contribution in [0.25, 0.3) is 0 Å². The van der Waals surface area contributed by atoms with Gasteiger partial charge in [-0.25, -0.2) is 0 Å². The summed E-state index contributed by atoms with van der Waals surface area (Å²) < 4.78 is 5.36. The van der Waals surface area contributed by atoms with Crippen LogP contribution in [0.5, 0.6) is 5.75 Å². The number of methoxy groups -OCH3 is 1. The van der Waals surface area contributed by atoms with Crippen LogP contribution in [-0.4, -0.2) is 25.4 Å². The third-order valence-corrected chi connectivity index (χ3v) is 4.99. The van der Waals surface area contributed by atoms with Crippen molar-refractivity contribution in [2.75, 3.05) is 20.3 Å². The van der Waals surface area contributed by atoms with E-state index in [1.165, 1.54) is 43.2 Å². The number of aliphatic hydroxyl groups excluding tert-OH is 1. The average molecular weight is 275 g/mol. The van der Waals surface area contributed by atoms with Gasteiger partial charge in [-0.1, -0.05) is 6.07 Å².